The van der Waals surface area contributed by atoms with Crippen molar-refractivity contribution in [2.45, 2.75) is 19.7 Å². The molecule has 37 heavy (non-hydrogen) atoms. The molecule has 3 aromatic carbocycles. The Balaban J connectivity index is 1.81. The number of H-pyrrole nitrogens is 1. The number of phenolic OH excluding ortho intramolecular Hbond substituents is 1. The molecule has 11 heteroatoms. The minimum Gasteiger partial charge on any atom is -0.506 e. The molecule has 0 aliphatic carbocycles. The lowest BCUT2D eigenvalue weighted by molar-refractivity contribution is -0.137. The maximum Gasteiger partial charge on any atom is 0.417 e. The summed E-state index contributed by atoms with van der Waals surface area (Å²) in [5.74, 6) is -0.921. The molecule has 0 aliphatic heterocycles. The predicted molar refractivity (Wildman–Crippen MR) is 133 cm³/mol. The highest BCUT2D eigenvalue weighted by Gasteiger charge is 2.34. The van der Waals surface area contributed by atoms with E-state index in [4.69, 9.17) is 32.7 Å². The van der Waals surface area contributed by atoms with Gasteiger partial charge in [-0.2, -0.15) is 18.3 Å². The summed E-state index contributed by atoms with van der Waals surface area (Å²) in [5, 5.41) is 17.9. The third-order valence-corrected chi connectivity index (χ3v) is 5.94. The van der Waals surface area contributed by atoms with Crippen molar-refractivity contribution >= 4 is 29.2 Å². The largest absolute Gasteiger partial charge is 0.506 e. The van der Waals surface area contributed by atoms with Gasteiger partial charge in [-0.15, -0.1) is 0 Å². The van der Waals surface area contributed by atoms with Gasteiger partial charge in [0.05, 0.1) is 28.5 Å². The van der Waals surface area contributed by atoms with Crippen molar-refractivity contribution in [3.8, 4) is 33.9 Å². The minimum atomic E-state index is -4.72. The molecule has 6 nitrogen and oxygen atoms in total. The molecule has 0 atom stereocenters. The van der Waals surface area contributed by atoms with Gasteiger partial charge in [0.15, 0.2) is 0 Å². The van der Waals surface area contributed by atoms with Crippen molar-refractivity contribution < 1.29 is 32.5 Å². The molecule has 0 saturated heterocycles. The number of rotatable bonds is 7. The second kappa shape index (κ2) is 10.7. The van der Waals surface area contributed by atoms with Crippen molar-refractivity contribution in [2.24, 2.45) is 0 Å². The monoisotopic (exact) mass is 550 g/mol. The lowest BCUT2D eigenvalue weighted by Gasteiger charge is -2.17. The Bertz CT molecular complexity index is 1440. The quantitative estimate of drug-likeness (QED) is 0.232. The van der Waals surface area contributed by atoms with E-state index in [1.807, 2.05) is 0 Å². The zero-order valence-electron chi connectivity index (χ0n) is 19.2. The molecular weight excluding hydrogens is 532 g/mol. The van der Waals surface area contributed by atoms with Crippen LogP contribution in [0.4, 0.5) is 13.2 Å². The number of aromatic nitrogens is 2. The number of carbonyl (C=O) groups is 1. The number of phenols is 1. The number of halogens is 5. The van der Waals surface area contributed by atoms with Gasteiger partial charge in [-0.1, -0.05) is 41.4 Å². The number of carbonyl (C=O) groups excluding carboxylic acids is 1. The van der Waals surface area contributed by atoms with Crippen LogP contribution in [0.5, 0.6) is 11.5 Å². The molecule has 0 amide bonds. The number of alkyl halides is 3. The highest BCUT2D eigenvalue weighted by atomic mass is 35.5. The number of ether oxygens (including phenoxy) is 2. The fourth-order valence-corrected chi connectivity index (χ4v) is 3.94. The van der Waals surface area contributed by atoms with Crippen LogP contribution in [0.25, 0.3) is 22.4 Å². The average molecular weight is 551 g/mol. The van der Waals surface area contributed by atoms with E-state index < -0.39 is 28.5 Å². The summed E-state index contributed by atoms with van der Waals surface area (Å²) in [5.41, 5.74) is 0.0754. The first-order valence-electron chi connectivity index (χ1n) is 10.9. The van der Waals surface area contributed by atoms with Crippen LogP contribution in [-0.2, 0) is 17.5 Å². The highest BCUT2D eigenvalue weighted by Crippen LogP contribution is 2.46. The summed E-state index contributed by atoms with van der Waals surface area (Å²) >= 11 is 11.7. The van der Waals surface area contributed by atoms with Gasteiger partial charge >= 0.3 is 12.1 Å². The molecule has 4 rings (SSSR count). The lowest BCUT2D eigenvalue weighted by atomic mass is 9.97. The summed E-state index contributed by atoms with van der Waals surface area (Å²) < 4.78 is 51.6. The van der Waals surface area contributed by atoms with Gasteiger partial charge in [-0.25, -0.2) is 4.79 Å². The molecule has 192 valence electrons. The van der Waals surface area contributed by atoms with Crippen molar-refractivity contribution in [1.82, 2.24) is 10.2 Å². The zero-order chi connectivity index (χ0) is 26.7. The number of nitrogens with zero attached hydrogens (tertiary/aromatic N) is 1. The van der Waals surface area contributed by atoms with Gasteiger partial charge in [0.1, 0.15) is 23.8 Å². The Morgan fingerprint density at radius 1 is 1.05 bits per heavy atom. The fraction of sp³-hybridized carbons (Fsp3) is 0.154. The van der Waals surface area contributed by atoms with Crippen LogP contribution in [0, 0.1) is 0 Å². The van der Waals surface area contributed by atoms with Gasteiger partial charge in [0.2, 0.25) is 0 Å². The number of esters is 1. The molecule has 0 aliphatic rings. The van der Waals surface area contributed by atoms with Crippen LogP contribution in [-0.4, -0.2) is 27.9 Å². The Morgan fingerprint density at radius 2 is 1.78 bits per heavy atom. The maximum absolute atomic E-state index is 13.6. The normalized spacial score (nSPS) is 11.4. The van der Waals surface area contributed by atoms with E-state index in [0.29, 0.717) is 5.02 Å². The highest BCUT2D eigenvalue weighted by molar-refractivity contribution is 6.31. The average Bonchev–Trinajstić information content (AvgIpc) is 3.34. The van der Waals surface area contributed by atoms with Crippen LogP contribution >= 0.6 is 23.2 Å². The molecule has 1 aromatic heterocycles. The number of aromatic amines is 1. The van der Waals surface area contributed by atoms with Gasteiger partial charge in [-0.05, 0) is 60.5 Å². The molecule has 1 heterocycles. The molecule has 0 unspecified atom stereocenters. The summed E-state index contributed by atoms with van der Waals surface area (Å²) in [4.78, 5) is 12.0. The molecule has 0 bridgehead atoms. The minimum absolute atomic E-state index is 0.00526. The Kier molecular flexibility index (Phi) is 7.65. The van der Waals surface area contributed by atoms with E-state index in [1.54, 1.807) is 31.2 Å². The first kappa shape index (κ1) is 26.4. The topological polar surface area (TPSA) is 84.4 Å². The predicted octanol–water partition coefficient (Wildman–Crippen LogP) is 7.53. The number of nitrogens with one attached hydrogen (secondary N) is 1. The molecular formula is C26H19Cl2F3N2O4. The summed E-state index contributed by atoms with van der Waals surface area (Å²) in [6.07, 6.45) is -4.72. The summed E-state index contributed by atoms with van der Waals surface area (Å²) in [6, 6.07) is 14.5. The van der Waals surface area contributed by atoms with E-state index >= 15 is 0 Å². The zero-order valence-corrected chi connectivity index (χ0v) is 20.7. The SMILES string of the molecule is CCOC(=O)c1cc(-c2ccc(OCc3ccc(Cl)cc3)c(-c3ccc(Cl)c(C(F)(F)F)c3)c2O)n[nH]1. The van der Waals surface area contributed by atoms with Crippen molar-refractivity contribution in [2.75, 3.05) is 6.61 Å². The van der Waals surface area contributed by atoms with Crippen LogP contribution < -0.4 is 4.74 Å². The number of hydrogen-bond acceptors (Lipinski definition) is 5. The summed E-state index contributed by atoms with van der Waals surface area (Å²) in [6.45, 7) is 1.86. The van der Waals surface area contributed by atoms with E-state index in [-0.39, 0.29) is 47.0 Å². The number of hydrogen-bond donors (Lipinski definition) is 2. The first-order chi connectivity index (χ1) is 17.6. The summed E-state index contributed by atoms with van der Waals surface area (Å²) in [7, 11) is 0. The number of benzene rings is 3. The second-order valence-electron chi connectivity index (χ2n) is 7.83. The van der Waals surface area contributed by atoms with E-state index in [2.05, 4.69) is 10.2 Å². The molecule has 0 saturated carbocycles. The molecule has 4 aromatic rings. The van der Waals surface area contributed by atoms with Crippen LogP contribution in [0.15, 0.2) is 60.7 Å². The molecule has 0 spiro atoms. The Hall–Kier alpha value is -3.69. The third kappa shape index (κ3) is 5.84. The standard InChI is InChI=1S/C26H19Cl2F3N2O4/c1-2-36-25(35)21-12-20(32-33-21)17-8-10-22(37-13-14-3-6-16(27)7-4-14)23(24(17)34)15-5-9-19(28)18(11-15)26(29,30)31/h3-12,34H,2,13H2,1H3,(H,32,33). The Morgan fingerprint density at radius 3 is 2.46 bits per heavy atom. The van der Waals surface area contributed by atoms with Crippen molar-refractivity contribution in [3.05, 3.63) is 87.5 Å². The van der Waals surface area contributed by atoms with Crippen LogP contribution in [0.3, 0.4) is 0 Å². The van der Waals surface area contributed by atoms with E-state index in [1.165, 1.54) is 24.3 Å². The fourth-order valence-electron chi connectivity index (χ4n) is 3.59. The van der Waals surface area contributed by atoms with Crippen molar-refractivity contribution in [3.63, 3.8) is 0 Å². The van der Waals surface area contributed by atoms with Gasteiger partial charge in [-0.3, -0.25) is 5.10 Å². The molecule has 2 N–H and O–H groups in total. The van der Waals surface area contributed by atoms with Crippen LogP contribution in [0.1, 0.15) is 28.5 Å². The van der Waals surface area contributed by atoms with Gasteiger partial charge < -0.3 is 14.6 Å². The second-order valence-corrected chi connectivity index (χ2v) is 8.67. The smallest absolute Gasteiger partial charge is 0.417 e. The lowest BCUT2D eigenvalue weighted by Crippen LogP contribution is -2.06. The Labute approximate surface area is 219 Å². The van der Waals surface area contributed by atoms with E-state index in [0.717, 1.165) is 17.7 Å². The maximum atomic E-state index is 13.6. The molecule has 0 radical (unpaired) electrons. The number of aromatic hydroxyl groups is 1. The van der Waals surface area contributed by atoms with Crippen molar-refractivity contribution in [1.29, 1.82) is 0 Å². The van der Waals surface area contributed by atoms with Crippen LogP contribution in [0.2, 0.25) is 10.0 Å². The van der Waals surface area contributed by atoms with E-state index in [9.17, 15) is 23.1 Å². The van der Waals surface area contributed by atoms with Gasteiger partial charge in [0, 0.05) is 10.6 Å². The molecule has 0 fully saturated rings. The third-order valence-electron chi connectivity index (χ3n) is 5.36. The van der Waals surface area contributed by atoms with Gasteiger partial charge in [0.25, 0.3) is 0 Å². The first-order valence-corrected chi connectivity index (χ1v) is 11.7.